The molecule has 2 nitrogen and oxygen atoms in total. The van der Waals surface area contributed by atoms with Crippen LogP contribution < -0.4 is 5.32 Å². The highest BCUT2D eigenvalue weighted by Gasteiger charge is 2.00. The summed E-state index contributed by atoms with van der Waals surface area (Å²) in [6, 6.07) is 16.8. The largest absolute Gasteiger partial charge is 0.464 e. The first-order valence-electron chi connectivity index (χ1n) is 6.23. The van der Waals surface area contributed by atoms with E-state index in [4.69, 9.17) is 4.42 Å². The summed E-state index contributed by atoms with van der Waals surface area (Å²) in [6.45, 7) is 1.73. The van der Waals surface area contributed by atoms with E-state index in [1.165, 1.54) is 14.7 Å². The smallest absolute Gasteiger partial charge is 0.134 e. The molecule has 3 rings (SSSR count). The standard InChI is InChI=1S/C16H14INO/c17-15-4-2-1-3-14(15)11-18-10-12-5-6-13-7-8-19-16(13)9-12/h1-9,18H,10-11H2. The molecule has 0 atom stereocenters. The third-order valence-corrected chi connectivity index (χ3v) is 4.18. The number of fused-ring (bicyclic) bond motifs is 1. The van der Waals surface area contributed by atoms with Crippen LogP contribution in [0.2, 0.25) is 0 Å². The third kappa shape index (κ3) is 2.98. The molecule has 0 saturated heterocycles. The molecule has 3 heteroatoms. The molecule has 96 valence electrons. The Labute approximate surface area is 126 Å². The monoisotopic (exact) mass is 363 g/mol. The van der Waals surface area contributed by atoms with Gasteiger partial charge < -0.3 is 9.73 Å². The Morgan fingerprint density at radius 2 is 1.89 bits per heavy atom. The van der Waals surface area contributed by atoms with E-state index in [2.05, 4.69) is 70.4 Å². The van der Waals surface area contributed by atoms with Gasteiger partial charge in [-0.3, -0.25) is 0 Å². The van der Waals surface area contributed by atoms with Crippen LogP contribution in [0, 0.1) is 3.57 Å². The molecule has 0 saturated carbocycles. The molecule has 0 bridgehead atoms. The SMILES string of the molecule is Ic1ccccc1CNCc1ccc2ccoc2c1. The molecule has 0 amide bonds. The predicted molar refractivity (Wildman–Crippen MR) is 85.9 cm³/mol. The number of benzene rings is 2. The van der Waals surface area contributed by atoms with Gasteiger partial charge in [0.05, 0.1) is 6.26 Å². The highest BCUT2D eigenvalue weighted by atomic mass is 127. The Kier molecular flexibility index (Phi) is 3.84. The van der Waals surface area contributed by atoms with Gasteiger partial charge in [-0.25, -0.2) is 0 Å². The van der Waals surface area contributed by atoms with Gasteiger partial charge >= 0.3 is 0 Å². The lowest BCUT2D eigenvalue weighted by Gasteiger charge is -2.07. The van der Waals surface area contributed by atoms with Crippen LogP contribution in [0.1, 0.15) is 11.1 Å². The van der Waals surface area contributed by atoms with E-state index in [1.807, 2.05) is 6.07 Å². The Balaban J connectivity index is 1.64. The van der Waals surface area contributed by atoms with E-state index in [0.717, 1.165) is 24.1 Å². The van der Waals surface area contributed by atoms with Crippen molar-refractivity contribution in [2.24, 2.45) is 0 Å². The van der Waals surface area contributed by atoms with Gasteiger partial charge in [-0.15, -0.1) is 0 Å². The summed E-state index contributed by atoms with van der Waals surface area (Å²) in [5.41, 5.74) is 3.53. The van der Waals surface area contributed by atoms with Gasteiger partial charge in [0.25, 0.3) is 0 Å². The summed E-state index contributed by atoms with van der Waals surface area (Å²) in [7, 11) is 0. The number of nitrogens with one attached hydrogen (secondary N) is 1. The second-order valence-corrected chi connectivity index (χ2v) is 5.65. The fourth-order valence-corrected chi connectivity index (χ4v) is 2.67. The second-order valence-electron chi connectivity index (χ2n) is 4.49. The molecule has 0 spiro atoms. The van der Waals surface area contributed by atoms with Crippen LogP contribution in [0.4, 0.5) is 0 Å². The average molecular weight is 363 g/mol. The van der Waals surface area contributed by atoms with Crippen LogP contribution in [0.25, 0.3) is 11.0 Å². The average Bonchev–Trinajstić information content (AvgIpc) is 2.88. The van der Waals surface area contributed by atoms with E-state index in [9.17, 15) is 0 Å². The molecule has 19 heavy (non-hydrogen) atoms. The van der Waals surface area contributed by atoms with Gasteiger partial charge in [-0.05, 0) is 51.9 Å². The van der Waals surface area contributed by atoms with Gasteiger partial charge in [0, 0.05) is 22.0 Å². The van der Waals surface area contributed by atoms with E-state index in [-0.39, 0.29) is 0 Å². The molecule has 0 unspecified atom stereocenters. The van der Waals surface area contributed by atoms with E-state index >= 15 is 0 Å². The van der Waals surface area contributed by atoms with Crippen molar-refractivity contribution in [2.45, 2.75) is 13.1 Å². The predicted octanol–water partition coefficient (Wildman–Crippen LogP) is 4.33. The quantitative estimate of drug-likeness (QED) is 0.699. The van der Waals surface area contributed by atoms with Crippen molar-refractivity contribution in [1.82, 2.24) is 5.32 Å². The zero-order chi connectivity index (χ0) is 13.1. The molecule has 2 aromatic carbocycles. The van der Waals surface area contributed by atoms with Crippen LogP contribution >= 0.6 is 22.6 Å². The van der Waals surface area contributed by atoms with Crippen LogP contribution in [0.5, 0.6) is 0 Å². The van der Waals surface area contributed by atoms with Crippen LogP contribution in [0.15, 0.2) is 59.2 Å². The summed E-state index contributed by atoms with van der Waals surface area (Å²) in [4.78, 5) is 0. The molecule has 3 aromatic rings. The number of furan rings is 1. The molecular formula is C16H14INO. The number of rotatable bonds is 4. The van der Waals surface area contributed by atoms with Crippen molar-refractivity contribution < 1.29 is 4.42 Å². The summed E-state index contributed by atoms with van der Waals surface area (Å²) in [5.74, 6) is 0. The summed E-state index contributed by atoms with van der Waals surface area (Å²) < 4.78 is 6.71. The van der Waals surface area contributed by atoms with Gasteiger partial charge in [0.15, 0.2) is 0 Å². The fraction of sp³-hybridized carbons (Fsp3) is 0.125. The topological polar surface area (TPSA) is 25.2 Å². The van der Waals surface area contributed by atoms with Gasteiger partial charge in [-0.1, -0.05) is 30.3 Å². The molecule has 1 aromatic heterocycles. The van der Waals surface area contributed by atoms with Crippen molar-refractivity contribution in [1.29, 1.82) is 0 Å². The van der Waals surface area contributed by atoms with Gasteiger partial charge in [0.2, 0.25) is 0 Å². The molecule has 1 heterocycles. The zero-order valence-electron chi connectivity index (χ0n) is 10.4. The van der Waals surface area contributed by atoms with Crippen molar-refractivity contribution in [2.75, 3.05) is 0 Å². The lowest BCUT2D eigenvalue weighted by molar-refractivity contribution is 0.614. The van der Waals surface area contributed by atoms with Crippen LogP contribution in [-0.2, 0) is 13.1 Å². The molecule has 0 fully saturated rings. The Bertz CT molecular complexity index is 690. The first kappa shape index (κ1) is 12.7. The molecule has 0 aliphatic rings. The molecule has 0 aliphatic carbocycles. The minimum atomic E-state index is 0.849. The lowest BCUT2D eigenvalue weighted by Crippen LogP contribution is -2.13. The van der Waals surface area contributed by atoms with Gasteiger partial charge in [-0.2, -0.15) is 0 Å². The second kappa shape index (κ2) is 5.75. The molecular weight excluding hydrogens is 349 g/mol. The Hall–Kier alpha value is -1.33. The maximum atomic E-state index is 5.41. The minimum Gasteiger partial charge on any atom is -0.464 e. The molecule has 0 radical (unpaired) electrons. The summed E-state index contributed by atoms with van der Waals surface area (Å²) in [5, 5.41) is 4.62. The summed E-state index contributed by atoms with van der Waals surface area (Å²) in [6.07, 6.45) is 1.73. The highest BCUT2D eigenvalue weighted by Crippen LogP contribution is 2.17. The van der Waals surface area contributed by atoms with E-state index < -0.39 is 0 Å². The van der Waals surface area contributed by atoms with Crippen molar-refractivity contribution >= 4 is 33.6 Å². The summed E-state index contributed by atoms with van der Waals surface area (Å²) >= 11 is 2.37. The van der Waals surface area contributed by atoms with E-state index in [0.29, 0.717) is 0 Å². The van der Waals surface area contributed by atoms with Crippen LogP contribution in [-0.4, -0.2) is 0 Å². The third-order valence-electron chi connectivity index (χ3n) is 3.12. The normalized spacial score (nSPS) is 11.0. The zero-order valence-corrected chi connectivity index (χ0v) is 12.6. The molecule has 1 N–H and O–H groups in total. The first-order valence-corrected chi connectivity index (χ1v) is 7.31. The maximum Gasteiger partial charge on any atom is 0.134 e. The fourth-order valence-electron chi connectivity index (χ4n) is 2.09. The minimum absolute atomic E-state index is 0.849. The number of hydrogen-bond acceptors (Lipinski definition) is 2. The number of halogens is 1. The molecule has 0 aliphatic heterocycles. The van der Waals surface area contributed by atoms with Gasteiger partial charge in [0.1, 0.15) is 5.58 Å². The van der Waals surface area contributed by atoms with Crippen molar-refractivity contribution in [3.63, 3.8) is 0 Å². The maximum absolute atomic E-state index is 5.41. The Morgan fingerprint density at radius 3 is 2.79 bits per heavy atom. The van der Waals surface area contributed by atoms with Crippen LogP contribution in [0.3, 0.4) is 0 Å². The van der Waals surface area contributed by atoms with Crippen molar-refractivity contribution in [3.8, 4) is 0 Å². The number of hydrogen-bond donors (Lipinski definition) is 1. The van der Waals surface area contributed by atoms with E-state index in [1.54, 1.807) is 6.26 Å². The van der Waals surface area contributed by atoms with Crippen molar-refractivity contribution in [3.05, 3.63) is 69.5 Å². The lowest BCUT2D eigenvalue weighted by atomic mass is 10.1. The first-order chi connectivity index (χ1) is 9.33. The highest BCUT2D eigenvalue weighted by molar-refractivity contribution is 14.1. The Morgan fingerprint density at radius 1 is 1.00 bits per heavy atom.